The van der Waals surface area contributed by atoms with Crippen molar-refractivity contribution in [3.63, 3.8) is 0 Å². The minimum atomic E-state index is -0.609. The molecule has 4 N–H and O–H groups in total. The van der Waals surface area contributed by atoms with Crippen LogP contribution in [0.2, 0.25) is 0 Å². The highest BCUT2D eigenvalue weighted by Gasteiger charge is 2.25. The Morgan fingerprint density at radius 3 is 2.85 bits per heavy atom. The molecule has 5 heteroatoms. The fourth-order valence-corrected chi connectivity index (χ4v) is 2.80. The maximum atomic E-state index is 14.0. The average Bonchev–Trinajstić information content (AvgIpc) is 2.42. The normalized spacial score (nSPS) is 23.8. The van der Waals surface area contributed by atoms with Crippen molar-refractivity contribution < 1.29 is 9.18 Å². The molecule has 1 saturated heterocycles. The fraction of sp³-hybridized carbons (Fsp3) is 0.533. The van der Waals surface area contributed by atoms with E-state index < -0.39 is 5.91 Å². The van der Waals surface area contributed by atoms with Gasteiger partial charge in [-0.1, -0.05) is 13.0 Å². The van der Waals surface area contributed by atoms with E-state index in [4.69, 9.17) is 11.5 Å². The van der Waals surface area contributed by atoms with E-state index in [-0.39, 0.29) is 11.4 Å². The van der Waals surface area contributed by atoms with Crippen molar-refractivity contribution in [1.29, 1.82) is 0 Å². The summed E-state index contributed by atoms with van der Waals surface area (Å²) in [5, 5.41) is 0. The van der Waals surface area contributed by atoms with Gasteiger partial charge in [-0.05, 0) is 37.4 Å². The van der Waals surface area contributed by atoms with E-state index in [1.165, 1.54) is 6.07 Å². The first kappa shape index (κ1) is 14.9. The Morgan fingerprint density at radius 1 is 1.50 bits per heavy atom. The first-order chi connectivity index (χ1) is 9.51. The van der Waals surface area contributed by atoms with Crippen LogP contribution in [0, 0.1) is 11.7 Å². The zero-order chi connectivity index (χ0) is 14.7. The molecular weight excluding hydrogens is 257 g/mol. The van der Waals surface area contributed by atoms with E-state index in [1.54, 1.807) is 12.1 Å². The number of nitrogens with two attached hydrogens (primary N) is 2. The molecule has 0 aromatic heterocycles. The first-order valence-corrected chi connectivity index (χ1v) is 7.03. The molecule has 1 aromatic rings. The maximum absolute atomic E-state index is 14.0. The molecule has 0 radical (unpaired) electrons. The molecule has 2 rings (SSSR count). The number of primary amides is 1. The smallest absolute Gasteiger partial charge is 0.248 e. The van der Waals surface area contributed by atoms with E-state index in [2.05, 4.69) is 11.8 Å². The van der Waals surface area contributed by atoms with E-state index in [9.17, 15) is 9.18 Å². The van der Waals surface area contributed by atoms with Crippen LogP contribution in [0.15, 0.2) is 18.2 Å². The molecule has 4 nitrogen and oxygen atoms in total. The SMILES string of the molecule is CC1CCN(Cc2ccc(C(N)=O)cc2F)C(CN)C1. The standard InChI is InChI=1S/C15H22FN3O/c1-10-4-5-19(13(6-10)8-17)9-12-3-2-11(15(18)20)7-14(12)16/h2-3,7,10,13H,4-6,8-9,17H2,1H3,(H2,18,20). The van der Waals surface area contributed by atoms with Crippen molar-refractivity contribution in [2.45, 2.75) is 32.4 Å². The zero-order valence-corrected chi connectivity index (χ0v) is 11.8. The highest BCUT2D eigenvalue weighted by Crippen LogP contribution is 2.24. The molecule has 2 unspecified atom stereocenters. The highest BCUT2D eigenvalue weighted by molar-refractivity contribution is 5.92. The summed E-state index contributed by atoms with van der Waals surface area (Å²) in [4.78, 5) is 13.2. The molecule has 0 spiro atoms. The number of amides is 1. The Balaban J connectivity index is 2.11. The Labute approximate surface area is 118 Å². The number of nitrogens with zero attached hydrogens (tertiary/aromatic N) is 1. The Morgan fingerprint density at radius 2 is 2.25 bits per heavy atom. The minimum absolute atomic E-state index is 0.203. The van der Waals surface area contributed by atoms with E-state index in [0.717, 1.165) is 19.4 Å². The molecule has 0 aliphatic carbocycles. The molecular formula is C15H22FN3O. The molecule has 1 aliphatic rings. The molecule has 1 aliphatic heterocycles. The molecule has 1 fully saturated rings. The quantitative estimate of drug-likeness (QED) is 0.877. The summed E-state index contributed by atoms with van der Waals surface area (Å²) in [6, 6.07) is 4.72. The maximum Gasteiger partial charge on any atom is 0.248 e. The number of benzene rings is 1. The molecule has 20 heavy (non-hydrogen) atoms. The van der Waals surface area contributed by atoms with Crippen molar-refractivity contribution in [2.75, 3.05) is 13.1 Å². The molecule has 2 atom stereocenters. The van der Waals surface area contributed by atoms with Crippen LogP contribution in [-0.2, 0) is 6.54 Å². The zero-order valence-electron chi connectivity index (χ0n) is 11.8. The topological polar surface area (TPSA) is 72.3 Å². The van der Waals surface area contributed by atoms with Crippen molar-refractivity contribution >= 4 is 5.91 Å². The van der Waals surface area contributed by atoms with Gasteiger partial charge in [-0.25, -0.2) is 4.39 Å². The van der Waals surface area contributed by atoms with Gasteiger partial charge in [-0.3, -0.25) is 9.69 Å². The van der Waals surface area contributed by atoms with Gasteiger partial charge in [-0.2, -0.15) is 0 Å². The molecule has 1 amide bonds. The Bertz CT molecular complexity index is 492. The van der Waals surface area contributed by atoms with E-state index in [1.807, 2.05) is 0 Å². The highest BCUT2D eigenvalue weighted by atomic mass is 19.1. The van der Waals surface area contributed by atoms with Crippen LogP contribution in [0.25, 0.3) is 0 Å². The van der Waals surface area contributed by atoms with Crippen LogP contribution >= 0.6 is 0 Å². The van der Waals surface area contributed by atoms with Crippen LogP contribution < -0.4 is 11.5 Å². The first-order valence-electron chi connectivity index (χ1n) is 7.03. The number of carbonyl (C=O) groups is 1. The van der Waals surface area contributed by atoms with Crippen molar-refractivity contribution in [3.05, 3.63) is 35.1 Å². The summed E-state index contributed by atoms with van der Waals surface area (Å²) < 4.78 is 14.0. The number of likely N-dealkylation sites (tertiary alicyclic amines) is 1. The predicted octanol–water partition coefficient (Wildman–Crippen LogP) is 1.48. The van der Waals surface area contributed by atoms with Crippen molar-refractivity contribution in [3.8, 4) is 0 Å². The van der Waals surface area contributed by atoms with Crippen LogP contribution in [0.5, 0.6) is 0 Å². The van der Waals surface area contributed by atoms with E-state index >= 15 is 0 Å². The third-order valence-electron chi connectivity index (χ3n) is 4.08. The summed E-state index contributed by atoms with van der Waals surface area (Å²) in [6.45, 7) is 4.27. The molecule has 110 valence electrons. The second-order valence-corrected chi connectivity index (χ2v) is 5.66. The van der Waals surface area contributed by atoms with Crippen molar-refractivity contribution in [1.82, 2.24) is 4.90 Å². The third-order valence-corrected chi connectivity index (χ3v) is 4.08. The van der Waals surface area contributed by atoms with Crippen LogP contribution in [0.3, 0.4) is 0 Å². The van der Waals surface area contributed by atoms with Gasteiger partial charge >= 0.3 is 0 Å². The van der Waals surface area contributed by atoms with Gasteiger partial charge in [0.25, 0.3) is 0 Å². The lowest BCUT2D eigenvalue weighted by Crippen LogP contribution is -2.45. The monoisotopic (exact) mass is 279 g/mol. The number of rotatable bonds is 4. The van der Waals surface area contributed by atoms with E-state index in [0.29, 0.717) is 30.6 Å². The molecule has 1 heterocycles. The van der Waals surface area contributed by atoms with Gasteiger partial charge in [0.15, 0.2) is 0 Å². The van der Waals surface area contributed by atoms with Gasteiger partial charge < -0.3 is 11.5 Å². The second-order valence-electron chi connectivity index (χ2n) is 5.66. The minimum Gasteiger partial charge on any atom is -0.366 e. The number of halogens is 1. The molecule has 0 bridgehead atoms. The fourth-order valence-electron chi connectivity index (χ4n) is 2.80. The number of piperidine rings is 1. The molecule has 1 aromatic carbocycles. The van der Waals surface area contributed by atoms with Crippen LogP contribution in [0.1, 0.15) is 35.7 Å². The summed E-state index contributed by atoms with van der Waals surface area (Å²) in [6.07, 6.45) is 2.16. The number of hydrogen-bond donors (Lipinski definition) is 2. The van der Waals surface area contributed by atoms with Gasteiger partial charge in [0, 0.05) is 30.3 Å². The third kappa shape index (κ3) is 3.35. The second kappa shape index (κ2) is 6.33. The lowest BCUT2D eigenvalue weighted by molar-refractivity contribution is 0.0999. The Kier molecular flexibility index (Phi) is 4.73. The predicted molar refractivity (Wildman–Crippen MR) is 76.6 cm³/mol. The number of hydrogen-bond acceptors (Lipinski definition) is 3. The van der Waals surface area contributed by atoms with Gasteiger partial charge in [0.1, 0.15) is 5.82 Å². The lowest BCUT2D eigenvalue weighted by Gasteiger charge is -2.38. The van der Waals surface area contributed by atoms with Crippen molar-refractivity contribution in [2.24, 2.45) is 17.4 Å². The summed E-state index contributed by atoms with van der Waals surface area (Å²) in [5.41, 5.74) is 11.7. The van der Waals surface area contributed by atoms with Gasteiger partial charge in [-0.15, -0.1) is 0 Å². The summed E-state index contributed by atoms with van der Waals surface area (Å²) in [7, 11) is 0. The van der Waals surface area contributed by atoms with Crippen LogP contribution in [0.4, 0.5) is 4.39 Å². The summed E-state index contributed by atoms with van der Waals surface area (Å²) in [5.74, 6) is -0.320. The van der Waals surface area contributed by atoms with Gasteiger partial charge in [0.2, 0.25) is 5.91 Å². The molecule has 0 saturated carbocycles. The number of carbonyl (C=O) groups excluding carboxylic acids is 1. The lowest BCUT2D eigenvalue weighted by atomic mass is 9.92. The average molecular weight is 279 g/mol. The summed E-state index contributed by atoms with van der Waals surface area (Å²) >= 11 is 0. The van der Waals surface area contributed by atoms with Gasteiger partial charge in [0.05, 0.1) is 0 Å². The van der Waals surface area contributed by atoms with Crippen LogP contribution in [-0.4, -0.2) is 29.9 Å². The largest absolute Gasteiger partial charge is 0.366 e. The Hall–Kier alpha value is -1.46.